The van der Waals surface area contributed by atoms with E-state index in [-0.39, 0.29) is 6.10 Å². The summed E-state index contributed by atoms with van der Waals surface area (Å²) in [5, 5.41) is 23.1. The van der Waals surface area contributed by atoms with Crippen molar-refractivity contribution in [2.45, 2.75) is 39.3 Å². The maximum Gasteiger partial charge on any atom is 0.205 e. The second-order valence-corrected chi connectivity index (χ2v) is 6.01. The van der Waals surface area contributed by atoms with Gasteiger partial charge in [-0.25, -0.2) is 0 Å². The number of aromatic nitrogens is 2. The monoisotopic (exact) mass is 270 g/mol. The molecule has 2 N–H and O–H groups in total. The predicted octanol–water partition coefficient (Wildman–Crippen LogP) is 1.56. The highest BCUT2D eigenvalue weighted by molar-refractivity contribution is 7.15. The molecule has 1 aliphatic rings. The molecule has 2 rings (SSSR count). The number of nitrogens with one attached hydrogen (secondary N) is 1. The third-order valence-corrected chi connectivity index (χ3v) is 4.21. The number of aliphatic hydroxyl groups excluding tert-OH is 1. The van der Waals surface area contributed by atoms with E-state index >= 15 is 0 Å². The summed E-state index contributed by atoms with van der Waals surface area (Å²) < 4.78 is 0. The van der Waals surface area contributed by atoms with E-state index in [4.69, 9.17) is 0 Å². The molecule has 2 unspecified atom stereocenters. The van der Waals surface area contributed by atoms with Gasteiger partial charge in [0.15, 0.2) is 0 Å². The minimum Gasteiger partial charge on any atom is -0.393 e. The van der Waals surface area contributed by atoms with Gasteiger partial charge >= 0.3 is 0 Å². The van der Waals surface area contributed by atoms with Crippen LogP contribution in [0.4, 0.5) is 5.13 Å². The lowest BCUT2D eigenvalue weighted by molar-refractivity contribution is 0.127. The van der Waals surface area contributed by atoms with Gasteiger partial charge in [0.1, 0.15) is 5.01 Å². The van der Waals surface area contributed by atoms with Gasteiger partial charge in [-0.1, -0.05) is 18.3 Å². The standard InChI is InChI=1S/C12H22N4OS/c1-3-5-13-12-15-14-11(18-12)8-16-6-4-10(7-16)9(2)17/h9-10,17H,3-8H2,1-2H3,(H,13,15). The topological polar surface area (TPSA) is 61.3 Å². The van der Waals surface area contributed by atoms with Gasteiger partial charge in [-0.2, -0.15) is 0 Å². The normalized spacial score (nSPS) is 22.3. The summed E-state index contributed by atoms with van der Waals surface area (Å²) >= 11 is 1.63. The first kappa shape index (κ1) is 13.7. The van der Waals surface area contributed by atoms with E-state index < -0.39 is 0 Å². The van der Waals surface area contributed by atoms with Crippen LogP contribution >= 0.6 is 11.3 Å². The number of hydrogen-bond acceptors (Lipinski definition) is 6. The zero-order valence-electron chi connectivity index (χ0n) is 11.1. The van der Waals surface area contributed by atoms with E-state index in [1.165, 1.54) is 0 Å². The maximum atomic E-state index is 9.58. The highest BCUT2D eigenvalue weighted by atomic mass is 32.1. The van der Waals surface area contributed by atoms with Crippen molar-refractivity contribution in [2.24, 2.45) is 5.92 Å². The molecule has 102 valence electrons. The highest BCUT2D eigenvalue weighted by Gasteiger charge is 2.26. The molecule has 2 heterocycles. The van der Waals surface area contributed by atoms with Crippen LogP contribution in [0.2, 0.25) is 0 Å². The number of likely N-dealkylation sites (tertiary alicyclic amines) is 1. The van der Waals surface area contributed by atoms with Crippen LogP contribution in [0.5, 0.6) is 0 Å². The SMILES string of the molecule is CCCNc1nnc(CN2CCC(C(C)O)C2)s1. The Balaban J connectivity index is 1.81. The first-order valence-electron chi connectivity index (χ1n) is 6.65. The molecule has 2 atom stereocenters. The Morgan fingerprint density at radius 2 is 2.39 bits per heavy atom. The molecule has 1 aromatic rings. The molecule has 1 aliphatic heterocycles. The molecule has 0 saturated carbocycles. The van der Waals surface area contributed by atoms with Crippen LogP contribution in [-0.2, 0) is 6.54 Å². The van der Waals surface area contributed by atoms with Crippen LogP contribution in [0.3, 0.4) is 0 Å². The molecule has 0 amide bonds. The molecule has 5 nitrogen and oxygen atoms in total. The summed E-state index contributed by atoms with van der Waals surface area (Å²) in [6, 6.07) is 0. The fraction of sp³-hybridized carbons (Fsp3) is 0.833. The molecule has 1 aromatic heterocycles. The average Bonchev–Trinajstić information content (AvgIpc) is 2.96. The van der Waals surface area contributed by atoms with Crippen LogP contribution in [0.25, 0.3) is 0 Å². The summed E-state index contributed by atoms with van der Waals surface area (Å²) in [4.78, 5) is 2.35. The fourth-order valence-corrected chi connectivity index (χ4v) is 3.02. The van der Waals surface area contributed by atoms with Crippen molar-refractivity contribution in [1.29, 1.82) is 0 Å². The van der Waals surface area contributed by atoms with Gasteiger partial charge in [-0.05, 0) is 32.2 Å². The van der Waals surface area contributed by atoms with E-state index in [9.17, 15) is 5.11 Å². The summed E-state index contributed by atoms with van der Waals surface area (Å²) in [5.41, 5.74) is 0. The predicted molar refractivity (Wildman–Crippen MR) is 73.8 cm³/mol. The van der Waals surface area contributed by atoms with Crippen molar-refractivity contribution in [1.82, 2.24) is 15.1 Å². The van der Waals surface area contributed by atoms with Crippen molar-refractivity contribution < 1.29 is 5.11 Å². The van der Waals surface area contributed by atoms with E-state index in [1.54, 1.807) is 11.3 Å². The van der Waals surface area contributed by atoms with Gasteiger partial charge in [0.2, 0.25) is 5.13 Å². The molecule has 0 aromatic carbocycles. The zero-order valence-corrected chi connectivity index (χ0v) is 11.9. The van der Waals surface area contributed by atoms with Crippen LogP contribution in [-0.4, -0.2) is 45.9 Å². The van der Waals surface area contributed by atoms with Gasteiger partial charge in [0, 0.05) is 13.1 Å². The number of rotatable bonds is 6. The second kappa shape index (κ2) is 6.45. The lowest BCUT2D eigenvalue weighted by Crippen LogP contribution is -2.23. The van der Waals surface area contributed by atoms with Gasteiger partial charge in [0.25, 0.3) is 0 Å². The number of nitrogens with zero attached hydrogens (tertiary/aromatic N) is 3. The van der Waals surface area contributed by atoms with Crippen molar-refractivity contribution in [2.75, 3.05) is 25.0 Å². The zero-order chi connectivity index (χ0) is 13.0. The summed E-state index contributed by atoms with van der Waals surface area (Å²) in [5.74, 6) is 0.413. The van der Waals surface area contributed by atoms with Crippen LogP contribution in [0.15, 0.2) is 0 Å². The first-order chi connectivity index (χ1) is 8.69. The largest absolute Gasteiger partial charge is 0.393 e. The first-order valence-corrected chi connectivity index (χ1v) is 7.47. The molecule has 1 fully saturated rings. The van der Waals surface area contributed by atoms with E-state index in [0.29, 0.717) is 5.92 Å². The molecule has 18 heavy (non-hydrogen) atoms. The third-order valence-electron chi connectivity index (χ3n) is 3.34. The van der Waals surface area contributed by atoms with Gasteiger partial charge < -0.3 is 10.4 Å². The Hall–Kier alpha value is -0.720. The Labute approximate surface area is 112 Å². The number of hydrogen-bond donors (Lipinski definition) is 2. The minimum atomic E-state index is -0.203. The molecule has 0 radical (unpaired) electrons. The van der Waals surface area contributed by atoms with Crippen molar-refractivity contribution in [3.63, 3.8) is 0 Å². The molecule has 6 heteroatoms. The van der Waals surface area contributed by atoms with Crippen molar-refractivity contribution in [3.8, 4) is 0 Å². The second-order valence-electron chi connectivity index (χ2n) is 4.95. The fourth-order valence-electron chi connectivity index (χ4n) is 2.21. The molecular formula is C12H22N4OS. The van der Waals surface area contributed by atoms with Crippen LogP contribution in [0.1, 0.15) is 31.7 Å². The lowest BCUT2D eigenvalue weighted by atomic mass is 10.0. The van der Waals surface area contributed by atoms with Crippen LogP contribution < -0.4 is 5.32 Å². The minimum absolute atomic E-state index is 0.203. The summed E-state index contributed by atoms with van der Waals surface area (Å²) in [6.07, 6.45) is 1.97. The summed E-state index contributed by atoms with van der Waals surface area (Å²) in [7, 11) is 0. The molecule has 0 spiro atoms. The lowest BCUT2D eigenvalue weighted by Gasteiger charge is -2.15. The molecular weight excluding hydrogens is 248 g/mol. The van der Waals surface area contributed by atoms with Crippen molar-refractivity contribution >= 4 is 16.5 Å². The highest BCUT2D eigenvalue weighted by Crippen LogP contribution is 2.23. The Bertz CT molecular complexity index is 369. The molecule has 1 saturated heterocycles. The Morgan fingerprint density at radius 3 is 3.06 bits per heavy atom. The Kier molecular flexibility index (Phi) is 4.91. The molecule has 0 bridgehead atoms. The molecule has 0 aliphatic carbocycles. The third kappa shape index (κ3) is 3.63. The van der Waals surface area contributed by atoms with Crippen molar-refractivity contribution in [3.05, 3.63) is 5.01 Å². The van der Waals surface area contributed by atoms with Gasteiger partial charge in [-0.3, -0.25) is 4.90 Å². The quantitative estimate of drug-likeness (QED) is 0.821. The van der Waals surface area contributed by atoms with E-state index in [0.717, 1.165) is 49.2 Å². The van der Waals surface area contributed by atoms with E-state index in [2.05, 4.69) is 27.3 Å². The van der Waals surface area contributed by atoms with Crippen LogP contribution in [0, 0.1) is 5.92 Å². The maximum absolute atomic E-state index is 9.58. The average molecular weight is 270 g/mol. The smallest absolute Gasteiger partial charge is 0.205 e. The van der Waals surface area contributed by atoms with Gasteiger partial charge in [-0.15, -0.1) is 10.2 Å². The number of anilines is 1. The van der Waals surface area contributed by atoms with Gasteiger partial charge in [0.05, 0.1) is 12.6 Å². The summed E-state index contributed by atoms with van der Waals surface area (Å²) in [6.45, 7) is 7.83. The Morgan fingerprint density at radius 1 is 1.56 bits per heavy atom. The number of aliphatic hydroxyl groups is 1. The van der Waals surface area contributed by atoms with E-state index in [1.807, 2.05) is 6.92 Å².